The monoisotopic (exact) mass is 797 g/mol. The fourth-order valence-corrected chi connectivity index (χ4v) is 8.72. The van der Waals surface area contributed by atoms with Crippen LogP contribution >= 0.6 is 0 Å². The van der Waals surface area contributed by atoms with Crippen molar-refractivity contribution in [3.63, 3.8) is 0 Å². The molecule has 1 aliphatic rings. The average molecular weight is 798 g/mol. The summed E-state index contributed by atoms with van der Waals surface area (Å²) in [5.41, 5.74) is 29.5. The average Bonchev–Trinajstić information content (AvgIpc) is 3.47. The molecule has 2 aromatic carbocycles. The molecule has 1 heterocycles. The minimum absolute atomic E-state index is 1.03. The summed E-state index contributed by atoms with van der Waals surface area (Å²) in [6, 6.07) is 10.0. The van der Waals surface area contributed by atoms with E-state index in [1.54, 1.807) is 15.8 Å². The maximum atomic E-state index is 12.7. The zero-order valence-electron chi connectivity index (χ0n) is 37.9. The van der Waals surface area contributed by atoms with Crippen molar-refractivity contribution in [3.05, 3.63) is 85.5 Å². The number of hydrogen-bond donors (Lipinski definition) is 0. The Morgan fingerprint density at radius 1 is 0.382 bits per heavy atom. The molecule has 3 rings (SSSR count). The first-order valence-corrected chi connectivity index (χ1v) is 25.0. The number of nitrogens with zero attached hydrogens (tertiary/aromatic N) is 2. The van der Waals surface area contributed by atoms with E-state index in [0.29, 0.717) is 0 Å². The van der Waals surface area contributed by atoms with Gasteiger partial charge in [0.25, 0.3) is 0 Å². The standard InChI is InChI=1S/C48H76N2.2C2H5.Ni/c1-9-17-25-37-33-41(34-38(26-18-10-2)43(37)29-21-13-5)47-45(31-23-15-7)46(32-24-16-8)48(50(47)49)42-35-39(27-19-11-3)44(30-22-14-6)40(36-42)28-20-12-4;2*1-2;/h33-36H,9-32H2,1-8H3;2*1H2,2H3;. The summed E-state index contributed by atoms with van der Waals surface area (Å²) in [4.78, 5) is 0. The van der Waals surface area contributed by atoms with E-state index >= 15 is 0 Å². The summed E-state index contributed by atoms with van der Waals surface area (Å²) in [6.45, 7) is 22.9. The van der Waals surface area contributed by atoms with Gasteiger partial charge in [-0.2, -0.15) is 0 Å². The predicted molar refractivity (Wildman–Crippen MR) is 242 cm³/mol. The Bertz CT molecular complexity index is 1290. The molecule has 3 heteroatoms. The second kappa shape index (κ2) is 29.3. The normalized spacial score (nSPS) is 13.0. The quantitative estimate of drug-likeness (QED) is 0.0605. The first-order chi connectivity index (χ1) is 26.8. The summed E-state index contributed by atoms with van der Waals surface area (Å²) < 4.78 is 1.69. The van der Waals surface area contributed by atoms with Crippen molar-refractivity contribution in [1.82, 2.24) is 0 Å². The summed E-state index contributed by atoms with van der Waals surface area (Å²) in [5.74, 6) is 0. The van der Waals surface area contributed by atoms with Crippen molar-refractivity contribution in [3.8, 4) is 0 Å². The molecule has 2 nitrogen and oxygen atoms in total. The van der Waals surface area contributed by atoms with Gasteiger partial charge in [0, 0.05) is 22.3 Å². The number of benzene rings is 2. The van der Waals surface area contributed by atoms with Gasteiger partial charge in [0.05, 0.1) is 0 Å². The van der Waals surface area contributed by atoms with Crippen molar-refractivity contribution >= 4 is 11.4 Å². The molecule has 0 atom stereocenters. The minimum atomic E-state index is 1.03. The molecular weight excluding hydrogens is 711 g/mol. The van der Waals surface area contributed by atoms with Gasteiger partial charge < -0.3 is 5.53 Å². The molecule has 0 bridgehead atoms. The summed E-state index contributed by atoms with van der Waals surface area (Å²) in [6.07, 6.45) is 28.2. The van der Waals surface area contributed by atoms with Gasteiger partial charge in [-0.25, -0.2) is 4.70 Å². The number of rotatable bonds is 28. The van der Waals surface area contributed by atoms with E-state index in [1.165, 1.54) is 145 Å². The predicted octanol–water partition coefficient (Wildman–Crippen LogP) is 17.2. The first kappa shape index (κ1) is 49.2. The maximum absolute atomic E-state index is 12.7. The van der Waals surface area contributed by atoms with E-state index in [9.17, 15) is 5.53 Å². The third-order valence-electron chi connectivity index (χ3n) is 11.4. The fourth-order valence-electron chi connectivity index (χ4n) is 8.23. The van der Waals surface area contributed by atoms with Crippen LogP contribution in [-0.2, 0) is 53.0 Å². The van der Waals surface area contributed by atoms with E-state index in [-0.39, 0.29) is 0 Å². The fraction of sp³-hybridized carbons (Fsp3) is 0.692. The van der Waals surface area contributed by atoms with Crippen LogP contribution < -0.4 is 0 Å². The Morgan fingerprint density at radius 2 is 0.636 bits per heavy atom. The molecule has 0 N–H and O–H groups in total. The molecule has 0 amide bonds. The number of unbranched alkanes of at least 4 members (excludes halogenated alkanes) is 8. The van der Waals surface area contributed by atoms with Crippen LogP contribution in [0, 0.1) is 0 Å². The number of aryl methyl sites for hydroxylation is 4. The van der Waals surface area contributed by atoms with Crippen molar-refractivity contribution in [2.75, 3.05) is 0 Å². The third kappa shape index (κ3) is 15.4. The van der Waals surface area contributed by atoms with Crippen LogP contribution in [0.25, 0.3) is 16.9 Å². The van der Waals surface area contributed by atoms with Crippen LogP contribution in [0.15, 0.2) is 35.4 Å². The zero-order chi connectivity index (χ0) is 40.4. The van der Waals surface area contributed by atoms with Crippen molar-refractivity contribution in [2.24, 2.45) is 0 Å². The molecule has 2 aromatic rings. The van der Waals surface area contributed by atoms with Crippen LogP contribution in [0.4, 0.5) is 0 Å². The van der Waals surface area contributed by atoms with Crippen molar-refractivity contribution in [2.45, 2.75) is 234 Å². The van der Waals surface area contributed by atoms with Crippen LogP contribution in [0.3, 0.4) is 0 Å². The van der Waals surface area contributed by atoms with E-state index in [0.717, 1.165) is 75.6 Å². The third-order valence-corrected chi connectivity index (χ3v) is 12.4. The van der Waals surface area contributed by atoms with Gasteiger partial charge in [-0.3, -0.25) is 0 Å². The van der Waals surface area contributed by atoms with Crippen LogP contribution in [0.1, 0.15) is 229 Å². The van der Waals surface area contributed by atoms with Gasteiger partial charge in [-0.15, -0.1) is 0 Å². The van der Waals surface area contributed by atoms with Crippen molar-refractivity contribution in [1.29, 1.82) is 0 Å². The van der Waals surface area contributed by atoms with E-state index in [4.69, 9.17) is 0 Å². The number of allylic oxidation sites excluding steroid dienone is 2. The molecule has 0 aliphatic carbocycles. The Balaban J connectivity index is 0.00000196. The Kier molecular flexibility index (Phi) is 26.2. The van der Waals surface area contributed by atoms with E-state index in [2.05, 4.69) is 93.5 Å². The molecule has 1 aliphatic heterocycles. The Morgan fingerprint density at radius 3 is 0.873 bits per heavy atom. The Hall–Kier alpha value is -1.99. The van der Waals surface area contributed by atoms with Gasteiger partial charge in [-0.1, -0.05) is 107 Å². The molecule has 0 spiro atoms. The molecule has 0 fully saturated rings. The molecule has 0 aromatic heterocycles. The topological polar surface area (TPSA) is 25.3 Å². The van der Waals surface area contributed by atoms with Gasteiger partial charge >= 0.3 is 39.1 Å². The van der Waals surface area contributed by atoms with Crippen LogP contribution in [0.2, 0.25) is 10.8 Å². The first-order valence-electron chi connectivity index (χ1n) is 23.6. The SMILES string of the molecule is CCCCC1=C(c2cc(CCCC)c(CCCC)c(CCCC)c2)[N+](=[N-])C(c2cc(CCCC)c(CCCC)c(CCCC)c2)=C1CCCC.C[CH2][Ni][CH2]C. The zero-order valence-corrected chi connectivity index (χ0v) is 38.9. The van der Waals surface area contributed by atoms with Crippen molar-refractivity contribution < 1.29 is 19.1 Å². The van der Waals surface area contributed by atoms with E-state index < -0.39 is 0 Å². The molecule has 0 saturated carbocycles. The molecular formula is C52H86N2Ni. The summed E-state index contributed by atoms with van der Waals surface area (Å²) in [7, 11) is 0. The molecule has 55 heavy (non-hydrogen) atoms. The summed E-state index contributed by atoms with van der Waals surface area (Å²) in [5, 5.41) is 2.56. The van der Waals surface area contributed by atoms with Gasteiger partial charge in [0.15, 0.2) is 0 Å². The second-order valence-electron chi connectivity index (χ2n) is 15.9. The molecule has 0 radical (unpaired) electrons. The Labute approximate surface area is 348 Å². The van der Waals surface area contributed by atoms with Gasteiger partial charge in [0.2, 0.25) is 11.4 Å². The second-order valence-corrected chi connectivity index (χ2v) is 17.8. The van der Waals surface area contributed by atoms with Crippen LogP contribution in [0.5, 0.6) is 0 Å². The molecule has 314 valence electrons. The number of hydrogen-bond acceptors (Lipinski definition) is 0. The van der Waals surface area contributed by atoms with Gasteiger partial charge in [0.1, 0.15) is 0 Å². The van der Waals surface area contributed by atoms with Crippen LogP contribution in [-0.4, -0.2) is 4.70 Å². The summed E-state index contributed by atoms with van der Waals surface area (Å²) >= 11 is 1.82. The molecule has 0 saturated heterocycles. The molecule has 0 unspecified atom stereocenters. The van der Waals surface area contributed by atoms with Gasteiger partial charge in [-0.05, 0) is 160 Å². The van der Waals surface area contributed by atoms with E-state index in [1.807, 2.05) is 14.4 Å².